The van der Waals surface area contributed by atoms with E-state index in [-0.39, 0.29) is 10.6 Å². The van der Waals surface area contributed by atoms with Crippen LogP contribution in [0.4, 0.5) is 13.2 Å². The third-order valence-electron chi connectivity index (χ3n) is 3.53. The van der Waals surface area contributed by atoms with E-state index in [2.05, 4.69) is 0 Å². The molecule has 0 saturated heterocycles. The van der Waals surface area contributed by atoms with E-state index in [0.29, 0.717) is 17.9 Å². The molecule has 1 heterocycles. The Morgan fingerprint density at radius 1 is 1.14 bits per heavy atom. The lowest BCUT2D eigenvalue weighted by molar-refractivity contribution is -0.145. The molecular weight excluding hydrogens is 401 g/mol. The molecule has 1 unspecified atom stereocenters. The highest BCUT2D eigenvalue weighted by molar-refractivity contribution is 7.87. The molecule has 28 heavy (non-hydrogen) atoms. The van der Waals surface area contributed by atoms with Crippen LogP contribution in [0.5, 0.6) is 11.5 Å². The summed E-state index contributed by atoms with van der Waals surface area (Å²) in [6.07, 6.45) is -0.630. The van der Waals surface area contributed by atoms with Crippen molar-refractivity contribution in [1.29, 1.82) is 0 Å². The van der Waals surface area contributed by atoms with Crippen LogP contribution in [0.1, 0.15) is 31.1 Å². The number of para-hydroxylation sites is 1. The topological polar surface area (TPSA) is 78.9 Å². The summed E-state index contributed by atoms with van der Waals surface area (Å²) in [5, 5.41) is 0. The normalized spacial score (nSPS) is 13.2. The Balaban J connectivity index is 0.000000640. The zero-order valence-corrected chi connectivity index (χ0v) is 15.7. The molecule has 0 spiro atoms. The second-order valence-electron chi connectivity index (χ2n) is 5.68. The van der Waals surface area contributed by atoms with Crippen molar-refractivity contribution in [3.05, 3.63) is 53.6 Å². The predicted molar refractivity (Wildman–Crippen MR) is 92.3 cm³/mol. The van der Waals surface area contributed by atoms with E-state index in [1.165, 1.54) is 25.1 Å². The minimum atomic E-state index is -4.02. The van der Waals surface area contributed by atoms with Crippen molar-refractivity contribution in [1.82, 2.24) is 0 Å². The van der Waals surface area contributed by atoms with Gasteiger partial charge in [-0.1, -0.05) is 18.2 Å². The van der Waals surface area contributed by atoms with Crippen LogP contribution in [-0.4, -0.2) is 21.1 Å². The van der Waals surface area contributed by atoms with E-state index in [1.54, 1.807) is 31.2 Å². The number of esters is 1. The van der Waals surface area contributed by atoms with Crippen molar-refractivity contribution in [3.8, 4) is 11.5 Å². The lowest BCUT2D eigenvalue weighted by atomic mass is 10.1. The van der Waals surface area contributed by atoms with Crippen molar-refractivity contribution >= 4 is 16.1 Å². The second-order valence-corrected chi connectivity index (χ2v) is 7.22. The second kappa shape index (κ2) is 8.96. The number of alkyl halides is 3. The molecule has 2 aromatic rings. The van der Waals surface area contributed by atoms with Crippen LogP contribution < -0.4 is 8.92 Å². The van der Waals surface area contributed by atoms with E-state index in [0.717, 1.165) is 5.56 Å². The molecule has 2 aromatic carbocycles. The smallest absolute Gasteiger partial charge is 0.379 e. The standard InChI is InChI=1S/C17H16O6S.CHF3/c1-11(22-12(2)18)16-5-3-4-6-17(16)23-24(19,20)15-8-13-7-14(9-15)21-10-13;2-1(3)4/h3-9,11H,10H2,1-2H3;1H. The lowest BCUT2D eigenvalue weighted by Crippen LogP contribution is -2.13. The van der Waals surface area contributed by atoms with Crippen LogP contribution in [0.3, 0.4) is 0 Å². The van der Waals surface area contributed by atoms with Gasteiger partial charge in [0.1, 0.15) is 29.1 Å². The molecule has 0 amide bonds. The Labute approximate surface area is 160 Å². The first kappa shape index (κ1) is 21.5. The summed E-state index contributed by atoms with van der Waals surface area (Å²) in [5.74, 6) is 0.162. The number of hydrogen-bond acceptors (Lipinski definition) is 6. The zero-order chi connectivity index (χ0) is 20.9. The highest BCUT2D eigenvalue weighted by Crippen LogP contribution is 2.32. The van der Waals surface area contributed by atoms with Crippen LogP contribution in [0.15, 0.2) is 47.4 Å². The van der Waals surface area contributed by atoms with Crippen molar-refractivity contribution in [2.24, 2.45) is 0 Å². The van der Waals surface area contributed by atoms with Gasteiger partial charge in [0.2, 0.25) is 0 Å². The van der Waals surface area contributed by atoms with Crippen LogP contribution in [0, 0.1) is 0 Å². The van der Waals surface area contributed by atoms with E-state index < -0.39 is 28.9 Å². The minimum absolute atomic E-state index is 0.0300. The Hall–Kier alpha value is -2.75. The number of carbonyl (C=O) groups excluding carboxylic acids is 1. The minimum Gasteiger partial charge on any atom is -0.489 e. The van der Waals surface area contributed by atoms with E-state index in [4.69, 9.17) is 13.7 Å². The average molecular weight is 418 g/mol. The molecule has 0 fully saturated rings. The number of ether oxygens (including phenoxy) is 2. The van der Waals surface area contributed by atoms with Gasteiger partial charge in [-0.25, -0.2) is 0 Å². The Bertz CT molecular complexity index is 921. The number of fused-ring (bicyclic) bond motifs is 2. The molecule has 152 valence electrons. The summed E-state index contributed by atoms with van der Waals surface area (Å²) in [4.78, 5) is 11.2. The Morgan fingerprint density at radius 3 is 2.39 bits per heavy atom. The summed E-state index contributed by atoms with van der Waals surface area (Å²) in [6.45, 7) is -0.374. The van der Waals surface area contributed by atoms with Gasteiger partial charge in [-0.3, -0.25) is 4.79 Å². The Kier molecular flexibility index (Phi) is 6.90. The summed E-state index contributed by atoms with van der Waals surface area (Å²) >= 11 is 0. The molecule has 0 aromatic heterocycles. The molecule has 1 aliphatic rings. The number of rotatable bonds is 5. The molecule has 1 atom stereocenters. The highest BCUT2D eigenvalue weighted by atomic mass is 32.2. The first-order valence-electron chi connectivity index (χ1n) is 7.98. The molecule has 6 nitrogen and oxygen atoms in total. The maximum Gasteiger partial charge on any atom is 0.379 e. The number of halogens is 3. The van der Waals surface area contributed by atoms with Gasteiger partial charge in [0, 0.05) is 18.6 Å². The Morgan fingerprint density at radius 2 is 1.79 bits per heavy atom. The predicted octanol–water partition coefficient (Wildman–Crippen LogP) is 4.15. The quantitative estimate of drug-likeness (QED) is 0.536. The van der Waals surface area contributed by atoms with Gasteiger partial charge < -0.3 is 13.7 Å². The van der Waals surface area contributed by atoms with Crippen LogP contribution in [0.25, 0.3) is 0 Å². The fraction of sp³-hybridized carbons (Fsp3) is 0.278. The summed E-state index contributed by atoms with van der Waals surface area (Å²) in [5.41, 5.74) is 1.25. The fourth-order valence-corrected chi connectivity index (χ4v) is 3.52. The van der Waals surface area contributed by atoms with E-state index >= 15 is 0 Å². The van der Waals surface area contributed by atoms with Gasteiger partial charge in [0.05, 0.1) is 0 Å². The zero-order valence-electron chi connectivity index (χ0n) is 14.9. The summed E-state index contributed by atoms with van der Waals surface area (Å²) < 4.78 is 69.8. The van der Waals surface area contributed by atoms with Gasteiger partial charge in [0.15, 0.2) is 0 Å². The molecule has 0 aliphatic carbocycles. The van der Waals surface area contributed by atoms with Gasteiger partial charge in [-0.05, 0) is 30.7 Å². The number of benzene rings is 2. The molecular formula is C18H17F3O6S. The highest BCUT2D eigenvalue weighted by Gasteiger charge is 2.24. The SMILES string of the molecule is CC(=O)OC(C)c1ccccc1OS(=O)(=O)c1cc2cc(c1)OC2.FC(F)F. The van der Waals surface area contributed by atoms with E-state index in [9.17, 15) is 26.4 Å². The lowest BCUT2D eigenvalue weighted by Gasteiger charge is -2.16. The van der Waals surface area contributed by atoms with E-state index in [1.807, 2.05) is 0 Å². The van der Waals surface area contributed by atoms with Gasteiger partial charge in [0.25, 0.3) is 0 Å². The molecule has 0 N–H and O–H groups in total. The third-order valence-corrected chi connectivity index (χ3v) is 4.75. The maximum absolute atomic E-state index is 12.5. The number of hydrogen-bond donors (Lipinski definition) is 0. The first-order chi connectivity index (χ1) is 13.1. The molecule has 3 rings (SSSR count). The first-order valence-corrected chi connectivity index (χ1v) is 9.39. The van der Waals surface area contributed by atoms with Crippen molar-refractivity contribution in [3.63, 3.8) is 0 Å². The molecule has 1 aliphatic heterocycles. The van der Waals surface area contributed by atoms with Gasteiger partial charge in [-0.15, -0.1) is 0 Å². The molecule has 0 radical (unpaired) electrons. The maximum atomic E-state index is 12.5. The monoisotopic (exact) mass is 418 g/mol. The summed E-state index contributed by atoms with van der Waals surface area (Å²) in [6, 6.07) is 11.3. The number of carbonyl (C=O) groups is 1. The summed E-state index contributed by atoms with van der Waals surface area (Å²) in [7, 11) is -4.02. The molecule has 10 heteroatoms. The van der Waals surface area contributed by atoms with Crippen LogP contribution in [0.2, 0.25) is 0 Å². The van der Waals surface area contributed by atoms with Crippen molar-refractivity contribution in [2.45, 2.75) is 38.1 Å². The van der Waals surface area contributed by atoms with Crippen molar-refractivity contribution < 1.29 is 40.0 Å². The molecule has 2 bridgehead atoms. The van der Waals surface area contributed by atoms with Gasteiger partial charge in [-0.2, -0.15) is 21.6 Å². The average Bonchev–Trinajstić information content (AvgIpc) is 2.91. The largest absolute Gasteiger partial charge is 0.489 e. The van der Waals surface area contributed by atoms with Crippen molar-refractivity contribution in [2.75, 3.05) is 0 Å². The molecule has 0 saturated carbocycles. The van der Waals surface area contributed by atoms with Crippen LogP contribution >= 0.6 is 0 Å². The van der Waals surface area contributed by atoms with Gasteiger partial charge >= 0.3 is 22.8 Å². The third kappa shape index (κ3) is 5.88. The fourth-order valence-electron chi connectivity index (χ4n) is 2.48. The van der Waals surface area contributed by atoms with Crippen LogP contribution in [-0.2, 0) is 26.3 Å².